The Hall–Kier alpha value is -0.940. The second kappa shape index (κ2) is 5.07. The van der Waals surface area contributed by atoms with E-state index in [4.69, 9.17) is 14.2 Å². The Morgan fingerprint density at radius 1 is 1.50 bits per heavy atom. The maximum absolute atomic E-state index is 10.6. The fourth-order valence-electron chi connectivity index (χ4n) is 1.29. The van der Waals surface area contributed by atoms with Crippen LogP contribution in [0.25, 0.3) is 0 Å². The molecular weight excluding hydrogens is 188 g/mol. The zero-order valence-electron chi connectivity index (χ0n) is 8.15. The van der Waals surface area contributed by atoms with Gasteiger partial charge in [-0.2, -0.15) is 0 Å². The van der Waals surface area contributed by atoms with Crippen LogP contribution in [0.2, 0.25) is 0 Å². The largest absolute Gasteiger partial charge is 0.460 e. The fraction of sp³-hybridized carbons (Fsp3) is 0.778. The summed E-state index contributed by atoms with van der Waals surface area (Å²) in [6, 6.07) is 0. The molecule has 0 bridgehead atoms. The van der Waals surface area contributed by atoms with Crippen LogP contribution < -0.4 is 0 Å². The van der Waals surface area contributed by atoms with E-state index >= 15 is 0 Å². The van der Waals surface area contributed by atoms with Crippen LogP contribution in [0.4, 0.5) is 0 Å². The van der Waals surface area contributed by atoms with Crippen LogP contribution in [-0.4, -0.2) is 37.9 Å². The van der Waals surface area contributed by atoms with Crippen molar-refractivity contribution in [1.82, 2.24) is 0 Å². The monoisotopic (exact) mass is 202 g/mol. The molecule has 0 spiro atoms. The summed E-state index contributed by atoms with van der Waals surface area (Å²) in [6.07, 6.45) is 1.55. The molecular formula is C9H14O5. The first-order valence-electron chi connectivity index (χ1n) is 4.53. The molecule has 0 aromatic heterocycles. The Labute approximate surface area is 82.3 Å². The van der Waals surface area contributed by atoms with Gasteiger partial charge in [-0.25, -0.2) is 0 Å². The van der Waals surface area contributed by atoms with E-state index in [1.165, 1.54) is 6.92 Å². The SMILES string of the molecule is CC(=O)OCC1(CCC=O)OCCO1. The average Bonchev–Trinajstić information content (AvgIpc) is 2.61. The van der Waals surface area contributed by atoms with Crippen LogP contribution in [0.5, 0.6) is 0 Å². The topological polar surface area (TPSA) is 61.8 Å². The highest BCUT2D eigenvalue weighted by Gasteiger charge is 2.37. The predicted molar refractivity (Wildman–Crippen MR) is 46.6 cm³/mol. The first-order chi connectivity index (χ1) is 6.68. The zero-order chi connectivity index (χ0) is 10.4. The Balaban J connectivity index is 2.43. The number of esters is 1. The van der Waals surface area contributed by atoms with Gasteiger partial charge in [-0.1, -0.05) is 0 Å². The van der Waals surface area contributed by atoms with Gasteiger partial charge < -0.3 is 19.0 Å². The highest BCUT2D eigenvalue weighted by atomic mass is 16.8. The van der Waals surface area contributed by atoms with E-state index in [0.29, 0.717) is 26.1 Å². The van der Waals surface area contributed by atoms with Crippen molar-refractivity contribution in [2.45, 2.75) is 25.6 Å². The number of carbonyl (C=O) groups is 2. The molecule has 0 N–H and O–H groups in total. The van der Waals surface area contributed by atoms with E-state index < -0.39 is 5.79 Å². The standard InChI is InChI=1S/C9H14O5/c1-8(11)12-7-9(3-2-4-10)13-5-6-14-9/h4H,2-3,5-7H2,1H3. The predicted octanol–water partition coefficient (Wildman–Crippen LogP) is 0.272. The normalized spacial score (nSPS) is 19.2. The minimum Gasteiger partial charge on any atom is -0.460 e. The molecule has 1 fully saturated rings. The number of carbonyl (C=O) groups excluding carboxylic acids is 2. The molecule has 1 rings (SSSR count). The highest BCUT2D eigenvalue weighted by molar-refractivity contribution is 5.65. The molecule has 0 radical (unpaired) electrons. The molecule has 14 heavy (non-hydrogen) atoms. The second-order valence-corrected chi connectivity index (χ2v) is 3.09. The first-order valence-corrected chi connectivity index (χ1v) is 4.53. The van der Waals surface area contributed by atoms with Crippen molar-refractivity contribution in [3.05, 3.63) is 0 Å². The zero-order valence-corrected chi connectivity index (χ0v) is 8.15. The van der Waals surface area contributed by atoms with E-state index in [2.05, 4.69) is 0 Å². The van der Waals surface area contributed by atoms with Crippen LogP contribution in [0.15, 0.2) is 0 Å². The van der Waals surface area contributed by atoms with E-state index in [1.54, 1.807) is 0 Å². The van der Waals surface area contributed by atoms with E-state index in [-0.39, 0.29) is 12.6 Å². The lowest BCUT2D eigenvalue weighted by Crippen LogP contribution is -2.36. The molecule has 0 aromatic carbocycles. The average molecular weight is 202 g/mol. The van der Waals surface area contributed by atoms with Gasteiger partial charge in [-0.3, -0.25) is 4.79 Å². The molecule has 1 aliphatic heterocycles. The molecule has 80 valence electrons. The number of rotatable bonds is 5. The van der Waals surface area contributed by atoms with Crippen molar-refractivity contribution in [3.63, 3.8) is 0 Å². The summed E-state index contributed by atoms with van der Waals surface area (Å²) in [5.41, 5.74) is 0. The van der Waals surface area contributed by atoms with Crippen molar-refractivity contribution in [1.29, 1.82) is 0 Å². The summed E-state index contributed by atoms with van der Waals surface area (Å²) < 4.78 is 15.5. The van der Waals surface area contributed by atoms with Gasteiger partial charge in [0.05, 0.1) is 13.2 Å². The van der Waals surface area contributed by atoms with Gasteiger partial charge in [0, 0.05) is 19.8 Å². The molecule has 0 saturated carbocycles. The number of aldehydes is 1. The van der Waals surface area contributed by atoms with Crippen LogP contribution in [0.3, 0.4) is 0 Å². The minimum absolute atomic E-state index is 0.0518. The van der Waals surface area contributed by atoms with Gasteiger partial charge in [-0.05, 0) is 0 Å². The molecule has 5 nitrogen and oxygen atoms in total. The van der Waals surface area contributed by atoms with Gasteiger partial charge in [0.2, 0.25) is 5.79 Å². The summed E-state index contributed by atoms with van der Waals surface area (Å²) in [4.78, 5) is 20.8. The van der Waals surface area contributed by atoms with Gasteiger partial charge in [0.15, 0.2) is 0 Å². The van der Waals surface area contributed by atoms with Crippen LogP contribution in [0, 0.1) is 0 Å². The Morgan fingerprint density at radius 2 is 2.14 bits per heavy atom. The Bertz CT molecular complexity index is 207. The molecule has 0 amide bonds. The molecule has 1 aliphatic rings. The highest BCUT2D eigenvalue weighted by Crippen LogP contribution is 2.24. The summed E-state index contributed by atoms with van der Waals surface area (Å²) in [6.45, 7) is 2.32. The molecule has 0 unspecified atom stereocenters. The Morgan fingerprint density at radius 3 is 2.64 bits per heavy atom. The quantitative estimate of drug-likeness (QED) is 0.473. The van der Waals surface area contributed by atoms with Crippen LogP contribution in [-0.2, 0) is 23.8 Å². The third-order valence-corrected chi connectivity index (χ3v) is 1.95. The molecule has 0 aromatic rings. The van der Waals surface area contributed by atoms with Crippen LogP contribution >= 0.6 is 0 Å². The third kappa shape index (κ3) is 3.08. The minimum atomic E-state index is -0.896. The van der Waals surface area contributed by atoms with Crippen molar-refractivity contribution < 1.29 is 23.8 Å². The van der Waals surface area contributed by atoms with Crippen molar-refractivity contribution >= 4 is 12.3 Å². The maximum atomic E-state index is 10.6. The lowest BCUT2D eigenvalue weighted by atomic mass is 10.1. The van der Waals surface area contributed by atoms with E-state index in [1.807, 2.05) is 0 Å². The summed E-state index contributed by atoms with van der Waals surface area (Å²) in [5, 5.41) is 0. The molecule has 1 saturated heterocycles. The molecule has 1 heterocycles. The fourth-order valence-corrected chi connectivity index (χ4v) is 1.29. The van der Waals surface area contributed by atoms with Crippen molar-refractivity contribution in [3.8, 4) is 0 Å². The van der Waals surface area contributed by atoms with Crippen molar-refractivity contribution in [2.75, 3.05) is 19.8 Å². The Kier molecular flexibility index (Phi) is 4.03. The molecule has 0 aliphatic carbocycles. The number of ether oxygens (including phenoxy) is 3. The van der Waals surface area contributed by atoms with Crippen molar-refractivity contribution in [2.24, 2.45) is 0 Å². The summed E-state index contributed by atoms with van der Waals surface area (Å²) >= 11 is 0. The number of hydrogen-bond acceptors (Lipinski definition) is 5. The van der Waals surface area contributed by atoms with Gasteiger partial charge in [0.1, 0.15) is 12.9 Å². The second-order valence-electron chi connectivity index (χ2n) is 3.09. The number of hydrogen-bond donors (Lipinski definition) is 0. The lowest BCUT2D eigenvalue weighted by molar-refractivity contribution is -0.201. The first kappa shape index (κ1) is 11.1. The third-order valence-electron chi connectivity index (χ3n) is 1.95. The van der Waals surface area contributed by atoms with Gasteiger partial charge in [-0.15, -0.1) is 0 Å². The summed E-state index contributed by atoms with van der Waals surface area (Å²) in [7, 11) is 0. The van der Waals surface area contributed by atoms with E-state index in [0.717, 1.165) is 6.29 Å². The smallest absolute Gasteiger partial charge is 0.302 e. The summed E-state index contributed by atoms with van der Waals surface area (Å²) in [5.74, 6) is -1.28. The maximum Gasteiger partial charge on any atom is 0.302 e. The lowest BCUT2D eigenvalue weighted by Gasteiger charge is -2.25. The van der Waals surface area contributed by atoms with Gasteiger partial charge in [0.25, 0.3) is 0 Å². The van der Waals surface area contributed by atoms with Crippen LogP contribution in [0.1, 0.15) is 19.8 Å². The van der Waals surface area contributed by atoms with E-state index in [9.17, 15) is 9.59 Å². The van der Waals surface area contributed by atoms with Gasteiger partial charge >= 0.3 is 5.97 Å². The molecule has 5 heteroatoms. The molecule has 0 atom stereocenters.